The van der Waals surface area contributed by atoms with Gasteiger partial charge < -0.3 is 10.1 Å². The monoisotopic (exact) mass is 383 g/mol. The lowest BCUT2D eigenvalue weighted by Crippen LogP contribution is -2.12. The number of nitrogens with one attached hydrogen (secondary N) is 1. The SMILES string of the molecule is COc1cccc(C(=O)Nc2cc(Br)ccc2Br)c1. The second-order valence-electron chi connectivity index (χ2n) is 3.81. The number of carbonyl (C=O) groups excluding carboxylic acids is 1. The lowest BCUT2D eigenvalue weighted by molar-refractivity contribution is 0.102. The second-order valence-corrected chi connectivity index (χ2v) is 5.58. The van der Waals surface area contributed by atoms with E-state index in [1.54, 1.807) is 31.4 Å². The molecule has 2 aromatic rings. The minimum atomic E-state index is -0.183. The van der Waals surface area contributed by atoms with Crippen LogP contribution in [-0.2, 0) is 0 Å². The number of rotatable bonds is 3. The Hall–Kier alpha value is -1.33. The Labute approximate surface area is 128 Å². The van der Waals surface area contributed by atoms with E-state index in [1.165, 1.54) is 0 Å². The van der Waals surface area contributed by atoms with Crippen molar-refractivity contribution in [2.24, 2.45) is 0 Å². The lowest BCUT2D eigenvalue weighted by atomic mass is 10.2. The van der Waals surface area contributed by atoms with Gasteiger partial charge in [0.25, 0.3) is 5.91 Å². The Morgan fingerprint density at radius 2 is 1.95 bits per heavy atom. The van der Waals surface area contributed by atoms with Gasteiger partial charge in [0.2, 0.25) is 0 Å². The zero-order valence-electron chi connectivity index (χ0n) is 10.1. The Morgan fingerprint density at radius 3 is 2.68 bits per heavy atom. The quantitative estimate of drug-likeness (QED) is 0.847. The van der Waals surface area contributed by atoms with Crippen LogP contribution in [0.4, 0.5) is 5.69 Å². The molecular weight excluding hydrogens is 374 g/mol. The number of carbonyl (C=O) groups is 1. The van der Waals surface area contributed by atoms with Gasteiger partial charge in [-0.25, -0.2) is 0 Å². The van der Waals surface area contributed by atoms with Gasteiger partial charge in [-0.2, -0.15) is 0 Å². The van der Waals surface area contributed by atoms with Crippen LogP contribution in [0.1, 0.15) is 10.4 Å². The van der Waals surface area contributed by atoms with E-state index in [0.29, 0.717) is 17.0 Å². The van der Waals surface area contributed by atoms with Crippen LogP contribution in [0, 0.1) is 0 Å². The van der Waals surface area contributed by atoms with Crippen molar-refractivity contribution in [2.75, 3.05) is 12.4 Å². The molecule has 2 aromatic carbocycles. The van der Waals surface area contributed by atoms with Gasteiger partial charge in [-0.1, -0.05) is 22.0 Å². The molecule has 0 fully saturated rings. The Bertz CT molecular complexity index is 614. The molecule has 19 heavy (non-hydrogen) atoms. The molecule has 1 amide bonds. The molecule has 0 aliphatic rings. The summed E-state index contributed by atoms with van der Waals surface area (Å²) in [6, 6.07) is 12.6. The maximum Gasteiger partial charge on any atom is 0.255 e. The van der Waals surface area contributed by atoms with Crippen LogP contribution in [0.2, 0.25) is 0 Å². The second kappa shape index (κ2) is 6.21. The van der Waals surface area contributed by atoms with Gasteiger partial charge in [-0.15, -0.1) is 0 Å². The van der Waals surface area contributed by atoms with Crippen LogP contribution >= 0.6 is 31.9 Å². The molecule has 2 rings (SSSR count). The fourth-order valence-electron chi connectivity index (χ4n) is 1.55. The van der Waals surface area contributed by atoms with Gasteiger partial charge in [-0.3, -0.25) is 4.79 Å². The molecular formula is C14H11Br2NO2. The summed E-state index contributed by atoms with van der Waals surface area (Å²) in [6.07, 6.45) is 0. The topological polar surface area (TPSA) is 38.3 Å². The maximum absolute atomic E-state index is 12.1. The molecule has 0 radical (unpaired) electrons. The van der Waals surface area contributed by atoms with Gasteiger partial charge in [0.15, 0.2) is 0 Å². The lowest BCUT2D eigenvalue weighted by Gasteiger charge is -2.09. The third-order valence-corrected chi connectivity index (χ3v) is 3.69. The van der Waals surface area contributed by atoms with Crippen molar-refractivity contribution in [3.8, 4) is 5.75 Å². The normalized spacial score (nSPS) is 10.1. The van der Waals surface area contributed by atoms with Crippen LogP contribution in [0.25, 0.3) is 0 Å². The molecule has 0 unspecified atom stereocenters. The van der Waals surface area contributed by atoms with Crippen molar-refractivity contribution in [3.05, 3.63) is 57.0 Å². The van der Waals surface area contributed by atoms with Crippen LogP contribution in [-0.4, -0.2) is 13.0 Å². The number of anilines is 1. The highest BCUT2D eigenvalue weighted by Gasteiger charge is 2.09. The highest BCUT2D eigenvalue weighted by atomic mass is 79.9. The molecule has 0 aliphatic heterocycles. The van der Waals surface area contributed by atoms with Gasteiger partial charge in [-0.05, 0) is 52.3 Å². The van der Waals surface area contributed by atoms with Crippen molar-refractivity contribution in [3.63, 3.8) is 0 Å². The molecule has 0 spiro atoms. The van der Waals surface area contributed by atoms with E-state index in [9.17, 15) is 4.79 Å². The summed E-state index contributed by atoms with van der Waals surface area (Å²) in [5.41, 5.74) is 1.26. The van der Waals surface area contributed by atoms with Gasteiger partial charge >= 0.3 is 0 Å². The van der Waals surface area contributed by atoms with E-state index in [2.05, 4.69) is 37.2 Å². The van der Waals surface area contributed by atoms with Gasteiger partial charge in [0.05, 0.1) is 12.8 Å². The minimum Gasteiger partial charge on any atom is -0.497 e. The molecule has 5 heteroatoms. The van der Waals surface area contributed by atoms with Crippen molar-refractivity contribution in [1.29, 1.82) is 0 Å². The zero-order valence-corrected chi connectivity index (χ0v) is 13.3. The van der Waals surface area contributed by atoms with E-state index in [4.69, 9.17) is 4.74 Å². The smallest absolute Gasteiger partial charge is 0.255 e. The number of methoxy groups -OCH3 is 1. The average Bonchev–Trinajstić information content (AvgIpc) is 2.43. The molecule has 1 N–H and O–H groups in total. The van der Waals surface area contributed by atoms with Crippen molar-refractivity contribution in [2.45, 2.75) is 0 Å². The summed E-state index contributed by atoms with van der Waals surface area (Å²) in [5.74, 6) is 0.471. The number of halogens is 2. The van der Waals surface area contributed by atoms with Crippen LogP contribution in [0.15, 0.2) is 51.4 Å². The molecule has 0 atom stereocenters. The molecule has 0 heterocycles. The van der Waals surface area contributed by atoms with Gasteiger partial charge in [0.1, 0.15) is 5.75 Å². The highest BCUT2D eigenvalue weighted by Crippen LogP contribution is 2.26. The first-order chi connectivity index (χ1) is 9.10. The van der Waals surface area contributed by atoms with Crippen LogP contribution < -0.4 is 10.1 Å². The fourth-order valence-corrected chi connectivity index (χ4v) is 2.26. The van der Waals surface area contributed by atoms with Gasteiger partial charge in [0, 0.05) is 14.5 Å². The van der Waals surface area contributed by atoms with E-state index < -0.39 is 0 Å². The average molecular weight is 385 g/mol. The predicted octanol–water partition coefficient (Wildman–Crippen LogP) is 4.47. The Balaban J connectivity index is 2.22. The molecule has 0 saturated heterocycles. The molecule has 0 aromatic heterocycles. The molecule has 3 nitrogen and oxygen atoms in total. The zero-order chi connectivity index (χ0) is 13.8. The summed E-state index contributed by atoms with van der Waals surface area (Å²) in [4.78, 5) is 12.1. The van der Waals surface area contributed by atoms with Crippen LogP contribution in [0.5, 0.6) is 5.75 Å². The molecule has 0 saturated carbocycles. The molecule has 98 valence electrons. The summed E-state index contributed by atoms with van der Waals surface area (Å²) >= 11 is 6.77. The first-order valence-corrected chi connectivity index (χ1v) is 7.09. The van der Waals surface area contributed by atoms with E-state index in [0.717, 1.165) is 8.95 Å². The Morgan fingerprint density at radius 1 is 1.16 bits per heavy atom. The number of hydrogen-bond donors (Lipinski definition) is 1. The fraction of sp³-hybridized carbons (Fsp3) is 0.0714. The number of benzene rings is 2. The predicted molar refractivity (Wildman–Crippen MR) is 82.8 cm³/mol. The van der Waals surface area contributed by atoms with Crippen molar-refractivity contribution >= 4 is 43.5 Å². The number of hydrogen-bond acceptors (Lipinski definition) is 2. The summed E-state index contributed by atoms with van der Waals surface area (Å²) in [6.45, 7) is 0. The summed E-state index contributed by atoms with van der Waals surface area (Å²) < 4.78 is 6.83. The number of amides is 1. The summed E-state index contributed by atoms with van der Waals surface area (Å²) in [7, 11) is 1.57. The van der Waals surface area contributed by atoms with E-state index >= 15 is 0 Å². The van der Waals surface area contributed by atoms with E-state index in [1.807, 2.05) is 18.2 Å². The Kier molecular flexibility index (Phi) is 4.61. The first-order valence-electron chi connectivity index (χ1n) is 5.50. The first kappa shape index (κ1) is 14.1. The third-order valence-electron chi connectivity index (χ3n) is 2.51. The third kappa shape index (κ3) is 3.58. The molecule has 0 bridgehead atoms. The summed E-state index contributed by atoms with van der Waals surface area (Å²) in [5, 5.41) is 2.85. The van der Waals surface area contributed by atoms with Crippen molar-refractivity contribution in [1.82, 2.24) is 0 Å². The minimum absolute atomic E-state index is 0.183. The highest BCUT2D eigenvalue weighted by molar-refractivity contribution is 9.11. The largest absolute Gasteiger partial charge is 0.497 e. The standard InChI is InChI=1S/C14H11Br2NO2/c1-19-11-4-2-3-9(7-11)14(18)17-13-8-10(15)5-6-12(13)16/h2-8H,1H3,(H,17,18). The number of ether oxygens (including phenoxy) is 1. The van der Waals surface area contributed by atoms with E-state index in [-0.39, 0.29) is 5.91 Å². The van der Waals surface area contributed by atoms with Crippen molar-refractivity contribution < 1.29 is 9.53 Å². The maximum atomic E-state index is 12.1. The molecule has 0 aliphatic carbocycles. The van der Waals surface area contributed by atoms with Crippen LogP contribution in [0.3, 0.4) is 0 Å².